The Hall–Kier alpha value is -0.750. The maximum absolute atomic E-state index is 13.7. The van der Waals surface area contributed by atoms with Crippen LogP contribution in [0.3, 0.4) is 0 Å². The third-order valence-corrected chi connectivity index (χ3v) is 4.13. The van der Waals surface area contributed by atoms with Crippen molar-refractivity contribution in [1.29, 1.82) is 0 Å². The highest BCUT2D eigenvalue weighted by molar-refractivity contribution is 7.99. The minimum Gasteiger partial charge on any atom is -0.309 e. The van der Waals surface area contributed by atoms with Gasteiger partial charge in [0.25, 0.3) is 0 Å². The monoisotopic (exact) mass is 323 g/mol. The van der Waals surface area contributed by atoms with Crippen LogP contribution in [0.2, 0.25) is 0 Å². The van der Waals surface area contributed by atoms with Crippen LogP contribution in [0.15, 0.2) is 18.2 Å². The highest BCUT2D eigenvalue weighted by Gasteiger charge is 2.34. The number of hydrogen-bond acceptors (Lipinski definition) is 2. The fourth-order valence-electron chi connectivity index (χ4n) is 1.86. The molecule has 6 heteroatoms. The number of hydrogen-bond donors (Lipinski definition) is 1. The van der Waals surface area contributed by atoms with E-state index in [2.05, 4.69) is 19.2 Å². The van der Waals surface area contributed by atoms with Crippen LogP contribution in [-0.2, 0) is 6.18 Å². The molecule has 0 aliphatic carbocycles. The van der Waals surface area contributed by atoms with Crippen LogP contribution in [0, 0.1) is 5.82 Å². The number of alkyl halides is 3. The van der Waals surface area contributed by atoms with E-state index in [4.69, 9.17) is 0 Å². The van der Waals surface area contributed by atoms with Gasteiger partial charge < -0.3 is 5.32 Å². The summed E-state index contributed by atoms with van der Waals surface area (Å²) in [5, 5.41) is 3.67. The first-order valence-corrected chi connectivity index (χ1v) is 8.02. The van der Waals surface area contributed by atoms with Crippen LogP contribution >= 0.6 is 11.8 Å². The minimum atomic E-state index is -4.65. The fraction of sp³-hybridized carbons (Fsp3) is 0.600. The number of benzene rings is 1. The van der Waals surface area contributed by atoms with Gasteiger partial charge in [-0.2, -0.15) is 24.9 Å². The van der Waals surface area contributed by atoms with E-state index in [1.165, 1.54) is 6.07 Å². The minimum absolute atomic E-state index is 0.144. The van der Waals surface area contributed by atoms with Gasteiger partial charge in [-0.1, -0.05) is 26.8 Å². The first kappa shape index (κ1) is 18.3. The molecule has 0 aliphatic heterocycles. The van der Waals surface area contributed by atoms with Gasteiger partial charge in [-0.05, 0) is 35.9 Å². The van der Waals surface area contributed by atoms with E-state index >= 15 is 0 Å². The normalized spacial score (nSPS) is 13.7. The van der Waals surface area contributed by atoms with E-state index in [1.807, 2.05) is 6.92 Å². The van der Waals surface area contributed by atoms with Gasteiger partial charge in [0.05, 0.1) is 5.56 Å². The molecule has 1 aromatic carbocycles. The molecule has 0 aromatic heterocycles. The van der Waals surface area contributed by atoms with Crippen molar-refractivity contribution in [2.24, 2.45) is 0 Å². The summed E-state index contributed by atoms with van der Waals surface area (Å²) >= 11 is 1.69. The van der Waals surface area contributed by atoms with E-state index in [1.54, 1.807) is 11.8 Å². The average Bonchev–Trinajstić information content (AvgIpc) is 2.37. The third-order valence-electron chi connectivity index (χ3n) is 2.94. The zero-order valence-corrected chi connectivity index (χ0v) is 13.2. The summed E-state index contributed by atoms with van der Waals surface area (Å²) in [4.78, 5) is 0. The summed E-state index contributed by atoms with van der Waals surface area (Å²) in [5.41, 5.74) is -0.654. The van der Waals surface area contributed by atoms with Crippen molar-refractivity contribution < 1.29 is 17.6 Å². The molecule has 0 saturated heterocycles. The fourth-order valence-corrected chi connectivity index (χ4v) is 2.75. The Morgan fingerprint density at radius 2 is 1.90 bits per heavy atom. The smallest absolute Gasteiger partial charge is 0.309 e. The first-order valence-electron chi connectivity index (χ1n) is 6.97. The quantitative estimate of drug-likeness (QED) is 0.707. The molecule has 1 nitrogen and oxygen atoms in total. The second-order valence-electron chi connectivity index (χ2n) is 5.13. The molecule has 0 spiro atoms. The van der Waals surface area contributed by atoms with Crippen LogP contribution in [0.4, 0.5) is 17.6 Å². The van der Waals surface area contributed by atoms with E-state index in [9.17, 15) is 17.6 Å². The number of halogens is 4. The lowest BCUT2D eigenvalue weighted by molar-refractivity contribution is -0.140. The predicted octanol–water partition coefficient (Wildman–Crippen LogP) is 5.03. The van der Waals surface area contributed by atoms with Crippen LogP contribution in [0.1, 0.15) is 44.4 Å². The van der Waals surface area contributed by atoms with Crippen molar-refractivity contribution in [2.75, 3.05) is 12.3 Å². The van der Waals surface area contributed by atoms with Gasteiger partial charge in [0.1, 0.15) is 5.82 Å². The zero-order valence-electron chi connectivity index (χ0n) is 12.4. The maximum atomic E-state index is 13.7. The molecule has 0 fully saturated rings. The number of thioether (sulfide) groups is 1. The van der Waals surface area contributed by atoms with Crippen LogP contribution in [0.25, 0.3) is 0 Å². The SMILES string of the molecule is CCCNC(CSC(C)C)c1ccc(C(F)(F)F)c(F)c1. The lowest BCUT2D eigenvalue weighted by atomic mass is 10.0. The average molecular weight is 323 g/mol. The second-order valence-corrected chi connectivity index (χ2v) is 6.74. The summed E-state index contributed by atoms with van der Waals surface area (Å²) in [5.74, 6) is -0.513. The van der Waals surface area contributed by atoms with Gasteiger partial charge in [-0.25, -0.2) is 4.39 Å². The molecule has 0 saturated carbocycles. The molecule has 120 valence electrons. The molecule has 1 atom stereocenters. The van der Waals surface area contributed by atoms with Crippen molar-refractivity contribution >= 4 is 11.8 Å². The Morgan fingerprint density at radius 3 is 2.38 bits per heavy atom. The molecule has 0 amide bonds. The van der Waals surface area contributed by atoms with Gasteiger partial charge in [-0.3, -0.25) is 0 Å². The standard InChI is InChI=1S/C15H21F4NS/c1-4-7-20-14(9-21-10(2)3)11-5-6-12(13(16)8-11)15(17,18)19/h5-6,8,10,14,20H,4,7,9H2,1-3H3. The Balaban J connectivity index is 2.94. The van der Waals surface area contributed by atoms with Crippen LogP contribution in [-0.4, -0.2) is 17.5 Å². The highest BCUT2D eigenvalue weighted by atomic mass is 32.2. The first-order chi connectivity index (χ1) is 9.75. The third kappa shape index (κ3) is 5.87. The molecule has 21 heavy (non-hydrogen) atoms. The summed E-state index contributed by atoms with van der Waals surface area (Å²) in [6.07, 6.45) is -3.74. The Kier molecular flexibility index (Phi) is 7.00. The summed E-state index contributed by atoms with van der Waals surface area (Å²) in [7, 11) is 0. The molecule has 1 rings (SSSR count). The summed E-state index contributed by atoms with van der Waals surface area (Å²) < 4.78 is 51.4. The van der Waals surface area contributed by atoms with Crippen molar-refractivity contribution in [3.63, 3.8) is 0 Å². The van der Waals surface area contributed by atoms with Gasteiger partial charge >= 0.3 is 6.18 Å². The number of rotatable bonds is 7. The van der Waals surface area contributed by atoms with Crippen molar-refractivity contribution in [3.8, 4) is 0 Å². The largest absolute Gasteiger partial charge is 0.419 e. The van der Waals surface area contributed by atoms with Crippen molar-refractivity contribution in [2.45, 2.75) is 44.7 Å². The zero-order chi connectivity index (χ0) is 16.0. The lowest BCUT2D eigenvalue weighted by Gasteiger charge is -2.20. The van der Waals surface area contributed by atoms with E-state index in [-0.39, 0.29) is 6.04 Å². The molecular weight excluding hydrogens is 302 g/mol. The Bertz CT molecular complexity index is 446. The summed E-state index contributed by atoms with van der Waals surface area (Å²) in [6.45, 7) is 6.85. The Morgan fingerprint density at radius 1 is 1.24 bits per heavy atom. The second kappa shape index (κ2) is 8.03. The molecule has 0 heterocycles. The van der Waals surface area contributed by atoms with Gasteiger partial charge in [-0.15, -0.1) is 0 Å². The molecule has 1 N–H and O–H groups in total. The topological polar surface area (TPSA) is 12.0 Å². The van der Waals surface area contributed by atoms with Crippen LogP contribution in [0.5, 0.6) is 0 Å². The Labute approximate surface area is 127 Å². The van der Waals surface area contributed by atoms with Crippen molar-refractivity contribution in [1.82, 2.24) is 5.32 Å². The molecule has 0 aliphatic rings. The predicted molar refractivity (Wildman–Crippen MR) is 80.0 cm³/mol. The lowest BCUT2D eigenvalue weighted by Crippen LogP contribution is -2.25. The summed E-state index contributed by atoms with van der Waals surface area (Å²) in [6, 6.07) is 3.04. The van der Waals surface area contributed by atoms with E-state index in [0.717, 1.165) is 25.1 Å². The molecular formula is C15H21F4NS. The molecule has 1 unspecified atom stereocenters. The van der Waals surface area contributed by atoms with Gasteiger partial charge in [0.2, 0.25) is 0 Å². The van der Waals surface area contributed by atoms with E-state index < -0.39 is 17.6 Å². The van der Waals surface area contributed by atoms with Crippen LogP contribution < -0.4 is 5.32 Å². The highest BCUT2D eigenvalue weighted by Crippen LogP contribution is 2.33. The number of nitrogens with one attached hydrogen (secondary N) is 1. The molecule has 0 bridgehead atoms. The van der Waals surface area contributed by atoms with Gasteiger partial charge in [0.15, 0.2) is 0 Å². The van der Waals surface area contributed by atoms with Gasteiger partial charge in [0, 0.05) is 11.8 Å². The molecule has 0 radical (unpaired) electrons. The van der Waals surface area contributed by atoms with Crippen molar-refractivity contribution in [3.05, 3.63) is 35.1 Å². The molecule has 1 aromatic rings. The maximum Gasteiger partial charge on any atom is 0.419 e. The van der Waals surface area contributed by atoms with E-state index in [0.29, 0.717) is 16.6 Å².